The molecule has 2 fully saturated rings. The van der Waals surface area contributed by atoms with Gasteiger partial charge in [-0.1, -0.05) is 28.1 Å². The molecule has 5 heteroatoms. The molecule has 110 valence electrons. The number of hydrogen-bond donors (Lipinski definition) is 0. The van der Waals surface area contributed by atoms with Gasteiger partial charge in [-0.3, -0.25) is 0 Å². The summed E-state index contributed by atoms with van der Waals surface area (Å²) in [4.78, 5) is 6.95. The van der Waals surface area contributed by atoms with E-state index >= 15 is 0 Å². The van der Waals surface area contributed by atoms with Crippen LogP contribution in [-0.4, -0.2) is 37.1 Å². The summed E-state index contributed by atoms with van der Waals surface area (Å²) in [5.41, 5.74) is 0. The molecule has 2 aliphatic heterocycles. The van der Waals surface area contributed by atoms with E-state index in [0.717, 1.165) is 49.4 Å². The minimum atomic E-state index is -0.332. The molecule has 2 aromatic rings. The highest BCUT2D eigenvalue weighted by molar-refractivity contribution is 9.10. The molecule has 0 aliphatic carbocycles. The van der Waals surface area contributed by atoms with Crippen LogP contribution in [0.3, 0.4) is 0 Å². The van der Waals surface area contributed by atoms with Crippen molar-refractivity contribution in [2.45, 2.75) is 18.6 Å². The predicted octanol–water partition coefficient (Wildman–Crippen LogP) is 3.34. The van der Waals surface area contributed by atoms with E-state index in [4.69, 9.17) is 9.47 Å². The number of hydrogen-bond acceptors (Lipinski definition) is 4. The summed E-state index contributed by atoms with van der Waals surface area (Å²) in [5.74, 6) is 0.725. The average molecular weight is 349 g/mol. The van der Waals surface area contributed by atoms with Gasteiger partial charge in [0.05, 0.1) is 13.2 Å². The zero-order chi connectivity index (χ0) is 14.3. The highest BCUT2D eigenvalue weighted by atomic mass is 79.9. The fourth-order valence-corrected chi connectivity index (χ4v) is 3.75. The lowest BCUT2D eigenvalue weighted by Gasteiger charge is -2.38. The lowest BCUT2D eigenvalue weighted by Crippen LogP contribution is -2.45. The van der Waals surface area contributed by atoms with Crippen molar-refractivity contribution in [1.82, 2.24) is 4.98 Å². The fourth-order valence-electron chi connectivity index (χ4n) is 3.25. The quantitative estimate of drug-likeness (QED) is 0.791. The van der Waals surface area contributed by atoms with Gasteiger partial charge in [-0.15, -0.1) is 0 Å². The first-order chi connectivity index (χ1) is 10.3. The second-order valence-corrected chi connectivity index (χ2v) is 6.42. The van der Waals surface area contributed by atoms with E-state index in [1.54, 1.807) is 0 Å². The van der Waals surface area contributed by atoms with Gasteiger partial charge in [-0.05, 0) is 12.1 Å². The van der Waals surface area contributed by atoms with E-state index < -0.39 is 0 Å². The van der Waals surface area contributed by atoms with Crippen LogP contribution in [0.25, 0.3) is 10.8 Å². The Morgan fingerprint density at radius 2 is 1.81 bits per heavy atom. The van der Waals surface area contributed by atoms with Gasteiger partial charge in [-0.25, -0.2) is 4.98 Å². The van der Waals surface area contributed by atoms with Crippen molar-refractivity contribution in [3.63, 3.8) is 0 Å². The molecule has 21 heavy (non-hydrogen) atoms. The van der Waals surface area contributed by atoms with Crippen molar-refractivity contribution in [2.75, 3.05) is 31.2 Å². The third-order valence-electron chi connectivity index (χ3n) is 4.37. The van der Waals surface area contributed by atoms with E-state index in [0.29, 0.717) is 0 Å². The molecule has 1 aromatic carbocycles. The Hall–Kier alpha value is -1.17. The van der Waals surface area contributed by atoms with Gasteiger partial charge in [0.2, 0.25) is 0 Å². The predicted molar refractivity (Wildman–Crippen MR) is 85.5 cm³/mol. The molecule has 0 N–H and O–H groups in total. The summed E-state index contributed by atoms with van der Waals surface area (Å²) >= 11 is 3.62. The fraction of sp³-hybridized carbons (Fsp3) is 0.438. The van der Waals surface area contributed by atoms with E-state index in [1.807, 2.05) is 6.20 Å². The number of halogens is 1. The number of pyridine rings is 1. The molecule has 3 heterocycles. The molecule has 2 aliphatic rings. The SMILES string of the molecule is Brc1cccc2c(N3CCC4(CC3)OCCO4)nccc12. The van der Waals surface area contributed by atoms with Crippen LogP contribution in [0.1, 0.15) is 12.8 Å². The summed E-state index contributed by atoms with van der Waals surface area (Å²) in [7, 11) is 0. The number of nitrogens with zero attached hydrogens (tertiary/aromatic N) is 2. The Morgan fingerprint density at radius 3 is 2.57 bits per heavy atom. The summed E-state index contributed by atoms with van der Waals surface area (Å²) in [6.07, 6.45) is 3.69. The van der Waals surface area contributed by atoms with E-state index in [-0.39, 0.29) is 5.79 Å². The summed E-state index contributed by atoms with van der Waals surface area (Å²) in [5, 5.41) is 2.40. The van der Waals surface area contributed by atoms with E-state index in [1.165, 1.54) is 10.8 Å². The van der Waals surface area contributed by atoms with Crippen LogP contribution >= 0.6 is 15.9 Å². The Labute approximate surface area is 132 Å². The topological polar surface area (TPSA) is 34.6 Å². The van der Waals surface area contributed by atoms with Gasteiger partial charge in [-0.2, -0.15) is 0 Å². The molecule has 1 aromatic heterocycles. The van der Waals surface area contributed by atoms with Crippen molar-refractivity contribution in [1.29, 1.82) is 0 Å². The Morgan fingerprint density at radius 1 is 1.05 bits per heavy atom. The normalized spacial score (nSPS) is 21.3. The van der Waals surface area contributed by atoms with Crippen molar-refractivity contribution < 1.29 is 9.47 Å². The molecule has 0 unspecified atom stereocenters. The van der Waals surface area contributed by atoms with Gasteiger partial charge in [0.1, 0.15) is 5.82 Å². The first-order valence-corrected chi connectivity index (χ1v) is 8.13. The number of piperidine rings is 1. The van der Waals surface area contributed by atoms with Crippen molar-refractivity contribution in [3.8, 4) is 0 Å². The van der Waals surface area contributed by atoms with Gasteiger partial charge >= 0.3 is 0 Å². The third-order valence-corrected chi connectivity index (χ3v) is 5.06. The minimum Gasteiger partial charge on any atom is -0.356 e. The molecule has 4 nitrogen and oxygen atoms in total. The van der Waals surface area contributed by atoms with Crippen LogP contribution < -0.4 is 4.90 Å². The van der Waals surface area contributed by atoms with Crippen LogP contribution in [0.4, 0.5) is 5.82 Å². The number of ether oxygens (including phenoxy) is 2. The molecule has 0 radical (unpaired) electrons. The third kappa shape index (κ3) is 2.33. The molecule has 0 amide bonds. The van der Waals surface area contributed by atoms with Crippen molar-refractivity contribution >= 4 is 32.5 Å². The van der Waals surface area contributed by atoms with Crippen LogP contribution in [-0.2, 0) is 9.47 Å². The summed E-state index contributed by atoms with van der Waals surface area (Å²) in [6.45, 7) is 3.27. The highest BCUT2D eigenvalue weighted by Crippen LogP contribution is 2.35. The number of fused-ring (bicyclic) bond motifs is 1. The summed E-state index contributed by atoms with van der Waals surface area (Å²) in [6, 6.07) is 8.32. The van der Waals surface area contributed by atoms with Crippen LogP contribution in [0.5, 0.6) is 0 Å². The second-order valence-electron chi connectivity index (χ2n) is 5.56. The van der Waals surface area contributed by atoms with Gasteiger partial charge in [0.25, 0.3) is 0 Å². The largest absolute Gasteiger partial charge is 0.356 e. The lowest BCUT2D eigenvalue weighted by molar-refractivity contribution is -0.169. The Balaban J connectivity index is 1.64. The number of aromatic nitrogens is 1. The molecule has 4 rings (SSSR count). The first-order valence-electron chi connectivity index (χ1n) is 7.34. The van der Waals surface area contributed by atoms with Crippen molar-refractivity contribution in [3.05, 3.63) is 34.9 Å². The minimum absolute atomic E-state index is 0.332. The Bertz CT molecular complexity index is 660. The maximum Gasteiger partial charge on any atom is 0.171 e. The second kappa shape index (κ2) is 5.23. The molecule has 0 saturated carbocycles. The smallest absolute Gasteiger partial charge is 0.171 e. The number of anilines is 1. The number of benzene rings is 1. The molecule has 0 bridgehead atoms. The first kappa shape index (κ1) is 13.5. The summed E-state index contributed by atoms with van der Waals surface area (Å²) < 4.78 is 12.7. The lowest BCUT2D eigenvalue weighted by atomic mass is 10.0. The van der Waals surface area contributed by atoms with Gasteiger partial charge in [0.15, 0.2) is 5.79 Å². The maximum atomic E-state index is 5.80. The molecule has 1 spiro atoms. The molecule has 2 saturated heterocycles. The van der Waals surface area contributed by atoms with Crippen LogP contribution in [0.2, 0.25) is 0 Å². The highest BCUT2D eigenvalue weighted by Gasteiger charge is 2.40. The molecular weight excluding hydrogens is 332 g/mol. The monoisotopic (exact) mass is 348 g/mol. The van der Waals surface area contributed by atoms with Gasteiger partial charge < -0.3 is 14.4 Å². The van der Waals surface area contributed by atoms with E-state index in [9.17, 15) is 0 Å². The molecular formula is C16H17BrN2O2. The van der Waals surface area contributed by atoms with Crippen LogP contribution in [0, 0.1) is 0 Å². The van der Waals surface area contributed by atoms with Crippen LogP contribution in [0.15, 0.2) is 34.9 Å². The zero-order valence-electron chi connectivity index (χ0n) is 11.7. The molecule has 0 atom stereocenters. The number of rotatable bonds is 1. The van der Waals surface area contributed by atoms with Gasteiger partial charge in [0, 0.05) is 47.4 Å². The average Bonchev–Trinajstić information content (AvgIpc) is 2.97. The standard InChI is InChI=1S/C16H17BrN2O2/c17-14-3-1-2-13-12(14)4-7-18-15(13)19-8-5-16(6-9-19)20-10-11-21-16/h1-4,7H,5-6,8-11H2. The van der Waals surface area contributed by atoms with Crippen molar-refractivity contribution in [2.24, 2.45) is 0 Å². The maximum absolute atomic E-state index is 5.80. The van der Waals surface area contributed by atoms with E-state index in [2.05, 4.69) is 50.1 Å². The zero-order valence-corrected chi connectivity index (χ0v) is 13.3. The Kier molecular flexibility index (Phi) is 3.36.